The van der Waals surface area contributed by atoms with E-state index in [9.17, 15) is 9.59 Å². The largest absolute Gasteiger partial charge is 0.352 e. The number of rotatable bonds is 7. The highest BCUT2D eigenvalue weighted by molar-refractivity contribution is 5.85. The van der Waals surface area contributed by atoms with E-state index in [4.69, 9.17) is 0 Å². The van der Waals surface area contributed by atoms with E-state index in [0.29, 0.717) is 11.8 Å². The Morgan fingerprint density at radius 3 is 1.96 bits per heavy atom. The third-order valence-electron chi connectivity index (χ3n) is 5.03. The van der Waals surface area contributed by atoms with E-state index in [-0.39, 0.29) is 30.3 Å². The van der Waals surface area contributed by atoms with Crippen molar-refractivity contribution in [3.8, 4) is 0 Å². The molecule has 0 aliphatic heterocycles. The Bertz CT molecular complexity index is 370. The average molecular weight is 339 g/mol. The first-order valence-corrected chi connectivity index (χ1v) is 9.97. The molecular weight excluding hydrogens is 300 g/mol. The fourth-order valence-electron chi connectivity index (χ4n) is 3.47. The zero-order valence-corrected chi connectivity index (χ0v) is 16.2. The summed E-state index contributed by atoms with van der Waals surface area (Å²) in [6, 6.07) is 0.180. The molecule has 1 saturated carbocycles. The minimum atomic E-state index is -0.0641. The van der Waals surface area contributed by atoms with Crippen LogP contribution in [0, 0.1) is 17.8 Å². The van der Waals surface area contributed by atoms with Crippen LogP contribution in [0.3, 0.4) is 0 Å². The molecule has 0 radical (unpaired) electrons. The number of carbonyl (C=O) groups is 2. The summed E-state index contributed by atoms with van der Waals surface area (Å²) in [4.78, 5) is 24.6. The summed E-state index contributed by atoms with van der Waals surface area (Å²) in [6.45, 7) is 8.70. The average Bonchev–Trinajstić information content (AvgIpc) is 2.65. The van der Waals surface area contributed by atoms with Gasteiger partial charge < -0.3 is 10.6 Å². The summed E-state index contributed by atoms with van der Waals surface area (Å²) in [5.41, 5.74) is 0. The van der Waals surface area contributed by atoms with Gasteiger partial charge in [0.05, 0.1) is 6.54 Å². The fraction of sp³-hybridized carbons (Fsp3) is 0.900. The third-order valence-corrected chi connectivity index (χ3v) is 5.03. The van der Waals surface area contributed by atoms with Crippen LogP contribution in [-0.2, 0) is 9.59 Å². The highest BCUT2D eigenvalue weighted by Crippen LogP contribution is 2.21. The first-order valence-electron chi connectivity index (χ1n) is 9.97. The zero-order valence-electron chi connectivity index (χ0n) is 16.2. The molecule has 0 heterocycles. The van der Waals surface area contributed by atoms with E-state index >= 15 is 0 Å². The molecule has 0 spiro atoms. The van der Waals surface area contributed by atoms with Gasteiger partial charge in [0.25, 0.3) is 0 Å². The summed E-state index contributed by atoms with van der Waals surface area (Å²) in [7, 11) is 0. The molecule has 0 unspecified atom stereocenters. The van der Waals surface area contributed by atoms with Crippen molar-refractivity contribution in [3.63, 3.8) is 0 Å². The number of hydrogen-bond acceptors (Lipinski definition) is 2. The molecule has 140 valence electrons. The van der Waals surface area contributed by atoms with Crippen molar-refractivity contribution >= 4 is 11.8 Å². The van der Waals surface area contributed by atoms with E-state index in [1.807, 2.05) is 0 Å². The Balaban J connectivity index is 2.39. The maximum absolute atomic E-state index is 12.4. The minimum absolute atomic E-state index is 0.0641. The molecule has 1 aliphatic rings. The molecule has 2 N–H and O–H groups in total. The third kappa shape index (κ3) is 8.70. The Kier molecular flexibility index (Phi) is 10.0. The van der Waals surface area contributed by atoms with Crippen molar-refractivity contribution in [3.05, 3.63) is 0 Å². The van der Waals surface area contributed by atoms with E-state index in [1.165, 1.54) is 25.7 Å². The smallest absolute Gasteiger partial charge is 0.239 e. The minimum Gasteiger partial charge on any atom is -0.352 e. The van der Waals surface area contributed by atoms with Crippen LogP contribution in [0.5, 0.6) is 0 Å². The predicted octanol–water partition coefficient (Wildman–Crippen LogP) is 4.04. The lowest BCUT2D eigenvalue weighted by Crippen LogP contribution is -2.45. The van der Waals surface area contributed by atoms with Gasteiger partial charge in [0.15, 0.2) is 0 Å². The van der Waals surface area contributed by atoms with E-state index in [1.54, 1.807) is 0 Å². The molecule has 1 aliphatic carbocycles. The molecule has 4 heteroatoms. The van der Waals surface area contributed by atoms with Crippen LogP contribution in [0.15, 0.2) is 0 Å². The van der Waals surface area contributed by atoms with Gasteiger partial charge in [0.2, 0.25) is 11.8 Å². The van der Waals surface area contributed by atoms with Gasteiger partial charge in [-0.05, 0) is 31.1 Å². The highest BCUT2D eigenvalue weighted by Gasteiger charge is 2.21. The second-order valence-corrected chi connectivity index (χ2v) is 8.16. The quantitative estimate of drug-likeness (QED) is 0.736. The molecular formula is C20H38N2O2. The van der Waals surface area contributed by atoms with Crippen LogP contribution < -0.4 is 10.6 Å². The zero-order chi connectivity index (χ0) is 17.9. The maximum atomic E-state index is 12.4. The lowest BCUT2D eigenvalue weighted by Gasteiger charge is -2.24. The molecule has 0 aromatic carbocycles. The summed E-state index contributed by atoms with van der Waals surface area (Å²) >= 11 is 0. The number of nitrogens with one attached hydrogen (secondary N) is 2. The van der Waals surface area contributed by atoms with E-state index in [0.717, 1.165) is 32.1 Å². The molecule has 1 rings (SSSR count). The van der Waals surface area contributed by atoms with Crippen molar-refractivity contribution in [2.75, 3.05) is 6.54 Å². The van der Waals surface area contributed by atoms with Gasteiger partial charge in [0.1, 0.15) is 0 Å². The van der Waals surface area contributed by atoms with Crippen LogP contribution in [0.1, 0.15) is 85.5 Å². The first kappa shape index (κ1) is 21.0. The van der Waals surface area contributed by atoms with Gasteiger partial charge in [-0.2, -0.15) is 0 Å². The number of amides is 2. The van der Waals surface area contributed by atoms with Gasteiger partial charge in [-0.1, -0.05) is 66.2 Å². The number of hydrogen-bond donors (Lipinski definition) is 2. The Morgan fingerprint density at radius 1 is 0.917 bits per heavy atom. The summed E-state index contributed by atoms with van der Waals surface area (Å²) < 4.78 is 0. The molecule has 0 saturated heterocycles. The van der Waals surface area contributed by atoms with Crippen LogP contribution in [-0.4, -0.2) is 24.4 Å². The molecule has 0 bridgehead atoms. The monoisotopic (exact) mass is 338 g/mol. The molecule has 0 aromatic heterocycles. The molecule has 4 nitrogen and oxygen atoms in total. The van der Waals surface area contributed by atoms with Crippen LogP contribution in [0.4, 0.5) is 0 Å². The first-order chi connectivity index (χ1) is 11.4. The van der Waals surface area contributed by atoms with Crippen molar-refractivity contribution < 1.29 is 9.59 Å². The van der Waals surface area contributed by atoms with Gasteiger partial charge >= 0.3 is 0 Å². The van der Waals surface area contributed by atoms with Crippen molar-refractivity contribution in [2.24, 2.45) is 17.8 Å². The van der Waals surface area contributed by atoms with Crippen molar-refractivity contribution in [1.29, 1.82) is 0 Å². The summed E-state index contributed by atoms with van der Waals surface area (Å²) in [6.07, 6.45) is 10.2. The Labute approximate surface area is 148 Å². The second kappa shape index (κ2) is 11.5. The Morgan fingerprint density at radius 2 is 1.46 bits per heavy atom. The van der Waals surface area contributed by atoms with Gasteiger partial charge in [-0.25, -0.2) is 0 Å². The molecule has 2 amide bonds. The van der Waals surface area contributed by atoms with E-state index < -0.39 is 0 Å². The summed E-state index contributed by atoms with van der Waals surface area (Å²) in [5, 5.41) is 5.95. The lowest BCUT2D eigenvalue weighted by atomic mass is 9.94. The van der Waals surface area contributed by atoms with Gasteiger partial charge in [0, 0.05) is 12.0 Å². The number of carbonyl (C=O) groups excluding carboxylic acids is 2. The van der Waals surface area contributed by atoms with Crippen molar-refractivity contribution in [2.45, 2.75) is 91.5 Å². The highest BCUT2D eigenvalue weighted by atomic mass is 16.2. The van der Waals surface area contributed by atoms with Gasteiger partial charge in [-0.3, -0.25) is 9.59 Å². The molecule has 0 aromatic rings. The molecule has 24 heavy (non-hydrogen) atoms. The molecule has 1 fully saturated rings. The van der Waals surface area contributed by atoms with Crippen molar-refractivity contribution in [1.82, 2.24) is 10.6 Å². The lowest BCUT2D eigenvalue weighted by molar-refractivity contribution is -0.129. The predicted molar refractivity (Wildman–Crippen MR) is 99.7 cm³/mol. The topological polar surface area (TPSA) is 58.2 Å². The van der Waals surface area contributed by atoms with Gasteiger partial charge in [-0.15, -0.1) is 0 Å². The molecule has 1 atom stereocenters. The summed E-state index contributed by atoms with van der Waals surface area (Å²) in [5.74, 6) is 1.04. The van der Waals surface area contributed by atoms with Crippen LogP contribution in [0.25, 0.3) is 0 Å². The fourth-order valence-corrected chi connectivity index (χ4v) is 3.47. The maximum Gasteiger partial charge on any atom is 0.239 e. The Hall–Kier alpha value is -1.06. The normalized spacial score (nSPS) is 18.6. The second-order valence-electron chi connectivity index (χ2n) is 8.16. The SMILES string of the molecule is CC(C)C[C@H](NC(=O)CNC(=O)C1CCCCCCCC1)C(C)C. The van der Waals surface area contributed by atoms with E-state index in [2.05, 4.69) is 38.3 Å². The standard InChI is InChI=1S/C20H38N2O2/c1-15(2)13-18(16(3)4)22-19(23)14-21-20(24)17-11-9-7-5-6-8-10-12-17/h15-18H,5-14H2,1-4H3,(H,21,24)(H,22,23)/t18-/m0/s1. The van der Waals surface area contributed by atoms with Crippen LogP contribution in [0.2, 0.25) is 0 Å². The van der Waals surface area contributed by atoms with Crippen LogP contribution >= 0.6 is 0 Å².